The number of hydrogen-bond donors (Lipinski definition) is 1. The lowest BCUT2D eigenvalue weighted by molar-refractivity contribution is -0.137. The van der Waals surface area contributed by atoms with Crippen molar-refractivity contribution in [2.75, 3.05) is 24.6 Å². The lowest BCUT2D eigenvalue weighted by atomic mass is 9.92. The first kappa shape index (κ1) is 22.0. The molecule has 2 aromatic carbocycles. The predicted molar refractivity (Wildman–Crippen MR) is 113 cm³/mol. The van der Waals surface area contributed by atoms with Gasteiger partial charge in [-0.05, 0) is 54.1 Å². The van der Waals surface area contributed by atoms with Crippen LogP contribution in [0.5, 0.6) is 5.75 Å². The van der Waals surface area contributed by atoms with Gasteiger partial charge in [0, 0.05) is 37.2 Å². The van der Waals surface area contributed by atoms with Crippen molar-refractivity contribution in [2.24, 2.45) is 0 Å². The molecule has 4 nitrogen and oxygen atoms in total. The van der Waals surface area contributed by atoms with Gasteiger partial charge in [0.15, 0.2) is 0 Å². The maximum Gasteiger partial charge on any atom is 0.416 e. The molecule has 1 unspecified atom stereocenters. The SMILES string of the molecule is O=C(c1ccc(C2(O)CCSC2)cc1)N1CCC(Oc2ccc(C(F)(F)F)cc2)CC1. The van der Waals surface area contributed by atoms with Gasteiger partial charge in [-0.1, -0.05) is 12.1 Å². The second kappa shape index (κ2) is 8.74. The molecule has 1 atom stereocenters. The molecule has 2 aliphatic rings. The van der Waals surface area contributed by atoms with Crippen LogP contribution in [-0.2, 0) is 11.8 Å². The van der Waals surface area contributed by atoms with Gasteiger partial charge >= 0.3 is 6.18 Å². The number of hydrogen-bond acceptors (Lipinski definition) is 4. The summed E-state index contributed by atoms with van der Waals surface area (Å²) < 4.78 is 43.8. The zero-order valence-electron chi connectivity index (χ0n) is 16.9. The van der Waals surface area contributed by atoms with E-state index in [4.69, 9.17) is 4.74 Å². The number of thioether (sulfide) groups is 1. The van der Waals surface area contributed by atoms with Gasteiger partial charge in [-0.3, -0.25) is 4.79 Å². The maximum absolute atomic E-state index is 12.8. The Balaban J connectivity index is 1.30. The van der Waals surface area contributed by atoms with E-state index in [0.717, 1.165) is 29.9 Å². The first-order chi connectivity index (χ1) is 14.7. The van der Waals surface area contributed by atoms with Crippen LogP contribution in [0, 0.1) is 0 Å². The molecule has 2 fully saturated rings. The highest BCUT2D eigenvalue weighted by Gasteiger charge is 2.34. The smallest absolute Gasteiger partial charge is 0.416 e. The van der Waals surface area contributed by atoms with Crippen molar-refractivity contribution in [3.63, 3.8) is 0 Å². The minimum Gasteiger partial charge on any atom is -0.490 e. The van der Waals surface area contributed by atoms with Gasteiger partial charge in [-0.2, -0.15) is 24.9 Å². The van der Waals surface area contributed by atoms with E-state index in [0.29, 0.717) is 43.0 Å². The van der Waals surface area contributed by atoms with E-state index in [1.807, 2.05) is 12.1 Å². The van der Waals surface area contributed by atoms with E-state index in [1.54, 1.807) is 28.8 Å². The molecular weight excluding hydrogens is 427 g/mol. The van der Waals surface area contributed by atoms with Gasteiger partial charge in [0.25, 0.3) is 5.91 Å². The zero-order chi connectivity index (χ0) is 22.1. The summed E-state index contributed by atoms with van der Waals surface area (Å²) in [6.07, 6.45) is -2.56. The Morgan fingerprint density at radius 3 is 2.26 bits per heavy atom. The largest absolute Gasteiger partial charge is 0.490 e. The van der Waals surface area contributed by atoms with Crippen molar-refractivity contribution in [3.05, 3.63) is 65.2 Å². The number of ether oxygens (including phenoxy) is 1. The third kappa shape index (κ3) is 5.01. The number of piperidine rings is 1. The van der Waals surface area contributed by atoms with Crippen molar-refractivity contribution in [1.29, 1.82) is 0 Å². The molecule has 0 spiro atoms. The van der Waals surface area contributed by atoms with Crippen LogP contribution in [0.4, 0.5) is 13.2 Å². The van der Waals surface area contributed by atoms with Gasteiger partial charge in [0.2, 0.25) is 0 Å². The Bertz CT molecular complexity index is 901. The molecule has 1 N–H and O–H groups in total. The van der Waals surface area contributed by atoms with Crippen molar-refractivity contribution >= 4 is 17.7 Å². The summed E-state index contributed by atoms with van der Waals surface area (Å²) >= 11 is 1.72. The fourth-order valence-corrected chi connectivity index (χ4v) is 5.25. The molecule has 166 valence electrons. The molecular formula is C23H24F3NO3S. The zero-order valence-corrected chi connectivity index (χ0v) is 17.7. The van der Waals surface area contributed by atoms with Crippen molar-refractivity contribution in [3.8, 4) is 5.75 Å². The van der Waals surface area contributed by atoms with Crippen LogP contribution in [0.1, 0.15) is 40.7 Å². The number of halogens is 3. The van der Waals surface area contributed by atoms with E-state index in [2.05, 4.69) is 0 Å². The van der Waals surface area contributed by atoms with Gasteiger partial charge in [-0.15, -0.1) is 0 Å². The quantitative estimate of drug-likeness (QED) is 0.731. The Labute approximate surface area is 183 Å². The Morgan fingerprint density at radius 1 is 1.06 bits per heavy atom. The van der Waals surface area contributed by atoms with Crippen LogP contribution in [0.25, 0.3) is 0 Å². The number of likely N-dealkylation sites (tertiary alicyclic amines) is 1. The Hall–Kier alpha value is -2.19. The highest BCUT2D eigenvalue weighted by molar-refractivity contribution is 7.99. The van der Waals surface area contributed by atoms with Crippen molar-refractivity contribution in [1.82, 2.24) is 4.90 Å². The molecule has 1 amide bonds. The van der Waals surface area contributed by atoms with Gasteiger partial charge < -0.3 is 14.7 Å². The van der Waals surface area contributed by atoms with Crippen molar-refractivity contribution in [2.45, 2.75) is 37.1 Å². The topological polar surface area (TPSA) is 49.8 Å². The first-order valence-corrected chi connectivity index (χ1v) is 11.4. The molecule has 2 saturated heterocycles. The average Bonchev–Trinajstić information content (AvgIpc) is 3.21. The Kier molecular flexibility index (Phi) is 6.21. The fraction of sp³-hybridized carbons (Fsp3) is 0.435. The highest BCUT2D eigenvalue weighted by atomic mass is 32.2. The molecule has 2 heterocycles. The summed E-state index contributed by atoms with van der Waals surface area (Å²) in [5, 5.41) is 10.7. The molecule has 2 aliphatic heterocycles. The van der Waals surface area contributed by atoms with E-state index in [1.165, 1.54) is 12.1 Å². The number of rotatable bonds is 4. The molecule has 0 aromatic heterocycles. The summed E-state index contributed by atoms with van der Waals surface area (Å²) in [6.45, 7) is 1.04. The summed E-state index contributed by atoms with van der Waals surface area (Å²) in [5.41, 5.74) is -0.0804. The molecule has 4 rings (SSSR count). The molecule has 0 saturated carbocycles. The van der Waals surface area contributed by atoms with E-state index >= 15 is 0 Å². The molecule has 8 heteroatoms. The fourth-order valence-electron chi connectivity index (χ4n) is 3.98. The van der Waals surface area contributed by atoms with Crippen LogP contribution in [0.3, 0.4) is 0 Å². The maximum atomic E-state index is 12.8. The third-order valence-electron chi connectivity index (χ3n) is 5.88. The monoisotopic (exact) mass is 451 g/mol. The van der Waals surface area contributed by atoms with Crippen LogP contribution in [0.2, 0.25) is 0 Å². The average molecular weight is 452 g/mol. The summed E-state index contributed by atoms with van der Waals surface area (Å²) in [4.78, 5) is 14.6. The van der Waals surface area contributed by atoms with Gasteiger partial charge in [0.05, 0.1) is 11.2 Å². The molecule has 0 bridgehead atoms. The first-order valence-electron chi connectivity index (χ1n) is 10.3. The standard InChI is InChI=1S/C23H24F3NO3S/c24-23(25,26)18-5-7-19(8-6-18)30-20-9-12-27(13-10-20)21(28)16-1-3-17(4-2-16)22(29)11-14-31-15-22/h1-8,20,29H,9-15H2. The predicted octanol–water partition coefficient (Wildman–Crippen LogP) is 4.71. The van der Waals surface area contributed by atoms with Crippen LogP contribution in [0.15, 0.2) is 48.5 Å². The lowest BCUT2D eigenvalue weighted by Crippen LogP contribution is -2.41. The third-order valence-corrected chi connectivity index (χ3v) is 7.06. The van der Waals surface area contributed by atoms with Crippen LogP contribution < -0.4 is 4.74 Å². The molecule has 0 radical (unpaired) electrons. The minimum atomic E-state index is -4.36. The summed E-state index contributed by atoms with van der Waals surface area (Å²) in [5.74, 6) is 1.94. The lowest BCUT2D eigenvalue weighted by Gasteiger charge is -2.32. The second-order valence-corrected chi connectivity index (χ2v) is 9.15. The van der Waals surface area contributed by atoms with E-state index in [-0.39, 0.29) is 12.0 Å². The highest BCUT2D eigenvalue weighted by Crippen LogP contribution is 2.36. The van der Waals surface area contributed by atoms with Gasteiger partial charge in [-0.25, -0.2) is 0 Å². The number of benzene rings is 2. The van der Waals surface area contributed by atoms with Crippen molar-refractivity contribution < 1.29 is 27.8 Å². The van der Waals surface area contributed by atoms with Crippen LogP contribution in [-0.4, -0.2) is 46.6 Å². The number of amides is 1. The van der Waals surface area contributed by atoms with E-state index < -0.39 is 17.3 Å². The molecule has 31 heavy (non-hydrogen) atoms. The number of carbonyl (C=O) groups is 1. The Morgan fingerprint density at radius 2 is 1.71 bits per heavy atom. The number of carbonyl (C=O) groups excluding carboxylic acids is 1. The van der Waals surface area contributed by atoms with E-state index in [9.17, 15) is 23.1 Å². The summed E-state index contributed by atoms with van der Waals surface area (Å²) in [7, 11) is 0. The number of aliphatic hydroxyl groups is 1. The van der Waals surface area contributed by atoms with Crippen LogP contribution >= 0.6 is 11.8 Å². The number of alkyl halides is 3. The second-order valence-electron chi connectivity index (χ2n) is 8.04. The molecule has 0 aliphatic carbocycles. The molecule has 2 aromatic rings. The summed E-state index contributed by atoms with van der Waals surface area (Å²) in [6, 6.07) is 11.9. The number of nitrogens with zero attached hydrogens (tertiary/aromatic N) is 1. The van der Waals surface area contributed by atoms with Gasteiger partial charge in [0.1, 0.15) is 11.9 Å². The minimum absolute atomic E-state index is 0.0627. The normalized spacial score (nSPS) is 22.5.